The van der Waals surface area contributed by atoms with Crippen molar-refractivity contribution in [2.45, 2.75) is 116 Å². The zero-order valence-corrected chi connectivity index (χ0v) is 35.4. The third kappa shape index (κ3) is 17.0. The smallest absolute Gasteiger partial charge is 0.310 e. The number of epoxide rings is 1. The zero-order chi connectivity index (χ0) is 42.9. The van der Waals surface area contributed by atoms with E-state index >= 15 is 0 Å². The van der Waals surface area contributed by atoms with Crippen LogP contribution in [0.3, 0.4) is 0 Å². The largest absolute Gasteiger partial charge is 0.495 e. The molecule has 2 aromatic carbocycles. The van der Waals surface area contributed by atoms with E-state index in [-0.39, 0.29) is 62.2 Å². The fourth-order valence-corrected chi connectivity index (χ4v) is 7.04. The molecular weight excluding hydrogens is 766 g/mol. The number of carbonyl (C=O) groups is 3. The van der Waals surface area contributed by atoms with E-state index in [2.05, 4.69) is 36.5 Å². The van der Waals surface area contributed by atoms with Crippen molar-refractivity contribution >= 4 is 29.4 Å². The van der Waals surface area contributed by atoms with Gasteiger partial charge in [-0.15, -0.1) is 0 Å². The number of aliphatic hydroxyl groups is 3. The van der Waals surface area contributed by atoms with E-state index < -0.39 is 42.3 Å². The number of aliphatic carboxylic acids is 1. The van der Waals surface area contributed by atoms with E-state index in [0.29, 0.717) is 42.3 Å². The number of nitrogens with zero attached hydrogens (tertiary/aromatic N) is 1. The van der Waals surface area contributed by atoms with E-state index in [9.17, 15) is 29.7 Å². The predicted octanol–water partition coefficient (Wildman–Crippen LogP) is 5.88. The Morgan fingerprint density at radius 1 is 1.02 bits per heavy atom. The summed E-state index contributed by atoms with van der Waals surface area (Å²) in [5, 5.41) is 42.4. The van der Waals surface area contributed by atoms with Gasteiger partial charge in [0, 0.05) is 44.4 Å². The highest BCUT2D eigenvalue weighted by molar-refractivity contribution is 6.32. The molecule has 1 saturated heterocycles. The third-order valence-corrected chi connectivity index (χ3v) is 10.4. The Labute approximate surface area is 348 Å². The summed E-state index contributed by atoms with van der Waals surface area (Å²) in [6, 6.07) is 13.6. The van der Waals surface area contributed by atoms with Crippen LogP contribution in [-0.2, 0) is 36.8 Å². The lowest BCUT2D eigenvalue weighted by Gasteiger charge is -2.24. The van der Waals surface area contributed by atoms with Crippen LogP contribution in [0.2, 0.25) is 5.02 Å². The van der Waals surface area contributed by atoms with E-state index in [4.69, 9.17) is 36.7 Å². The number of carboxylic acids is 1. The van der Waals surface area contributed by atoms with Crippen LogP contribution in [-0.4, -0.2) is 88.5 Å². The lowest BCUT2D eigenvalue weighted by Crippen LogP contribution is -2.40. The molecule has 0 aromatic heterocycles. The molecule has 0 radical (unpaired) electrons. The molecule has 0 saturated carbocycles. The first-order chi connectivity index (χ1) is 27.5. The molecule has 13 nitrogen and oxygen atoms in total. The number of nitrogens with two attached hydrogens (primary N) is 1. The van der Waals surface area contributed by atoms with Crippen molar-refractivity contribution in [1.29, 1.82) is 0 Å². The van der Waals surface area contributed by atoms with Crippen molar-refractivity contribution in [1.82, 2.24) is 10.2 Å². The fourth-order valence-electron chi connectivity index (χ4n) is 6.76. The van der Waals surface area contributed by atoms with E-state index in [1.165, 1.54) is 7.11 Å². The number of esters is 1. The number of hydrogen-bond donors (Lipinski definition) is 6. The molecule has 3 rings (SSSR count). The van der Waals surface area contributed by atoms with Crippen molar-refractivity contribution in [3.63, 3.8) is 0 Å². The molecule has 0 aliphatic carbocycles. The highest BCUT2D eigenvalue weighted by Gasteiger charge is 2.43. The van der Waals surface area contributed by atoms with Gasteiger partial charge in [0.15, 0.2) is 12.4 Å². The Kier molecular flexibility index (Phi) is 20.0. The Morgan fingerprint density at radius 3 is 2.33 bits per heavy atom. The van der Waals surface area contributed by atoms with Gasteiger partial charge in [-0.3, -0.25) is 14.4 Å². The van der Waals surface area contributed by atoms with Crippen molar-refractivity contribution in [2.75, 3.05) is 20.7 Å². The van der Waals surface area contributed by atoms with Crippen LogP contribution < -0.4 is 15.8 Å². The maximum absolute atomic E-state index is 13.5. The van der Waals surface area contributed by atoms with Gasteiger partial charge in [0.1, 0.15) is 11.9 Å². The molecule has 6 unspecified atom stereocenters. The first-order valence-corrected chi connectivity index (χ1v) is 20.5. The minimum absolute atomic E-state index is 0.0270. The summed E-state index contributed by atoms with van der Waals surface area (Å²) in [5.74, 6) is -2.38. The maximum Gasteiger partial charge on any atom is 0.310 e. The second kappa shape index (κ2) is 24.1. The quantitative estimate of drug-likeness (QED) is 0.0285. The second-order valence-electron chi connectivity index (χ2n) is 15.9. The van der Waals surface area contributed by atoms with Gasteiger partial charge in [-0.25, -0.2) is 0 Å². The summed E-state index contributed by atoms with van der Waals surface area (Å²) in [6.45, 7) is 8.14. The van der Waals surface area contributed by atoms with Crippen LogP contribution in [0.4, 0.5) is 0 Å². The number of methoxy groups -OCH3 is 1. The van der Waals surface area contributed by atoms with E-state index in [0.717, 1.165) is 23.1 Å². The molecule has 1 heterocycles. The molecule has 7 atom stereocenters. The average Bonchev–Trinajstić information content (AvgIpc) is 3.96. The van der Waals surface area contributed by atoms with Gasteiger partial charge >= 0.3 is 11.9 Å². The van der Waals surface area contributed by atoms with Crippen molar-refractivity contribution in [3.8, 4) is 5.75 Å². The molecule has 1 aliphatic heterocycles. The van der Waals surface area contributed by atoms with Gasteiger partial charge in [-0.2, -0.15) is 0 Å². The first kappa shape index (κ1) is 48.2. The van der Waals surface area contributed by atoms with Crippen molar-refractivity contribution in [3.05, 3.63) is 88.2 Å². The number of ether oxygens (including phenoxy) is 3. The van der Waals surface area contributed by atoms with E-state index in [1.807, 2.05) is 44.1 Å². The molecule has 1 fully saturated rings. The minimum Gasteiger partial charge on any atom is -0.495 e. The normalized spacial score (nSPS) is 18.1. The van der Waals surface area contributed by atoms with Gasteiger partial charge in [0.25, 0.3) is 0 Å². The molecule has 0 bridgehead atoms. The summed E-state index contributed by atoms with van der Waals surface area (Å²) in [6.07, 6.45) is 5.22. The molecule has 58 heavy (non-hydrogen) atoms. The summed E-state index contributed by atoms with van der Waals surface area (Å²) >= 11 is 6.36. The lowest BCUT2D eigenvalue weighted by atomic mass is 9.92. The molecule has 1 aliphatic rings. The first-order valence-electron chi connectivity index (χ1n) is 20.1. The Bertz CT molecular complexity index is 1670. The van der Waals surface area contributed by atoms with Gasteiger partial charge in [-0.05, 0) is 85.6 Å². The van der Waals surface area contributed by atoms with Crippen LogP contribution in [0.1, 0.15) is 95.4 Å². The van der Waals surface area contributed by atoms with Crippen LogP contribution in [0, 0.1) is 23.7 Å². The third-order valence-electron chi connectivity index (χ3n) is 10.1. The average molecular weight is 830 g/mol. The Balaban J connectivity index is 1.51. The SMILES string of the molecule is COc1ccc(C[C@@H](CC(O)/C=C/CCC(C)C2OC2c2ccc(CN(C)/C=C(\N)CCCC(=O)O)cc2)C(=O)NCC(C)C(=O)OC(CC(C)C)C(O)O)cc1Cl. The van der Waals surface area contributed by atoms with E-state index in [1.54, 1.807) is 25.1 Å². The van der Waals surface area contributed by atoms with Gasteiger partial charge < -0.3 is 50.6 Å². The Morgan fingerprint density at radius 2 is 1.71 bits per heavy atom. The highest BCUT2D eigenvalue weighted by atomic mass is 35.5. The maximum atomic E-state index is 13.5. The number of benzene rings is 2. The van der Waals surface area contributed by atoms with Crippen molar-refractivity contribution < 1.29 is 49.0 Å². The summed E-state index contributed by atoms with van der Waals surface area (Å²) in [5.41, 5.74) is 9.72. The predicted molar refractivity (Wildman–Crippen MR) is 222 cm³/mol. The standard InChI is InChI=1S/C44H64ClN3O10/c1-27(2)20-38(43(53)54)57-44(55)29(4)24-47-42(52)33(21-31-16-19-37(56-6)36(45)22-31)23-35(49)12-8-7-10-28(3)40-41(58-40)32-17-14-30(15-18-32)25-48(5)26-34(46)11-9-13-39(50)51/h8,12,14-19,22,26-29,33,35,38,40-41,43,49,53-54H,7,9-11,13,20-21,23-25,46H2,1-6H3,(H,47,52)(H,50,51)/b12-8+,34-26-/t28?,29?,33-,35?,38?,40?,41?/m0/s1. The van der Waals surface area contributed by atoms with Crippen molar-refractivity contribution in [2.24, 2.45) is 29.4 Å². The molecule has 2 aromatic rings. The lowest BCUT2D eigenvalue weighted by molar-refractivity contribution is -0.181. The number of carbonyl (C=O) groups excluding carboxylic acids is 2. The minimum atomic E-state index is -1.81. The number of nitrogens with one attached hydrogen (secondary N) is 1. The topological polar surface area (TPSA) is 204 Å². The van der Waals surface area contributed by atoms with Gasteiger partial charge in [-0.1, -0.05) is 81.8 Å². The van der Waals surface area contributed by atoms with Crippen LogP contribution >= 0.6 is 11.6 Å². The van der Waals surface area contributed by atoms with Gasteiger partial charge in [0.2, 0.25) is 5.91 Å². The molecule has 322 valence electrons. The molecular formula is C44H64ClN3O10. The van der Waals surface area contributed by atoms with Crippen LogP contribution in [0.5, 0.6) is 5.75 Å². The van der Waals surface area contributed by atoms with Crippen LogP contribution in [0.25, 0.3) is 0 Å². The summed E-state index contributed by atoms with van der Waals surface area (Å²) in [4.78, 5) is 39.0. The summed E-state index contributed by atoms with van der Waals surface area (Å²) in [7, 11) is 3.45. The fraction of sp³-hybridized carbons (Fsp3) is 0.568. The Hall–Kier alpha value is -4.14. The molecule has 1 amide bonds. The van der Waals surface area contributed by atoms with Crippen LogP contribution in [0.15, 0.2) is 66.5 Å². The number of allylic oxidation sites excluding steroid dienone is 2. The summed E-state index contributed by atoms with van der Waals surface area (Å²) < 4.78 is 16.7. The molecule has 0 spiro atoms. The number of amides is 1. The monoisotopic (exact) mass is 829 g/mol. The highest BCUT2D eigenvalue weighted by Crippen LogP contribution is 2.44. The van der Waals surface area contributed by atoms with Gasteiger partial charge in [0.05, 0.1) is 30.3 Å². The number of hydrogen-bond acceptors (Lipinski definition) is 11. The zero-order valence-electron chi connectivity index (χ0n) is 34.7. The second-order valence-corrected chi connectivity index (χ2v) is 16.4. The number of carboxylic acid groups (broad SMARTS) is 1. The number of halogens is 1. The molecule has 14 heteroatoms. The number of rotatable bonds is 26. The molecule has 7 N–H and O–H groups in total. The number of aliphatic hydroxyl groups excluding tert-OH is 2.